The fourth-order valence-corrected chi connectivity index (χ4v) is 3.59. The second-order valence-corrected chi connectivity index (χ2v) is 7.36. The molecule has 0 atom stereocenters. The molecule has 31 heavy (non-hydrogen) atoms. The first kappa shape index (κ1) is 20.7. The van der Waals surface area contributed by atoms with Crippen LogP contribution in [0.25, 0.3) is 10.8 Å². The van der Waals surface area contributed by atoms with E-state index in [1.54, 1.807) is 36.4 Å². The third kappa shape index (κ3) is 4.31. The maximum atomic E-state index is 12.7. The maximum Gasteiger partial charge on any atom is 0.275 e. The van der Waals surface area contributed by atoms with E-state index >= 15 is 0 Å². The Morgan fingerprint density at radius 1 is 1.16 bits per heavy atom. The van der Waals surface area contributed by atoms with E-state index in [2.05, 4.69) is 10.4 Å². The van der Waals surface area contributed by atoms with Crippen LogP contribution in [0.15, 0.2) is 41.2 Å². The summed E-state index contributed by atoms with van der Waals surface area (Å²) in [5, 5.41) is 7.69. The number of hydrogen-bond acceptors (Lipinski definition) is 6. The predicted molar refractivity (Wildman–Crippen MR) is 113 cm³/mol. The smallest absolute Gasteiger partial charge is 0.275 e. The Morgan fingerprint density at radius 3 is 2.68 bits per heavy atom. The number of carbonyl (C=O) groups excluding carboxylic acids is 2. The fraction of sp³-hybridized carbons (Fsp3) is 0.238. The van der Waals surface area contributed by atoms with Crippen molar-refractivity contribution in [1.82, 2.24) is 15.1 Å². The van der Waals surface area contributed by atoms with Gasteiger partial charge in [-0.05, 0) is 23.8 Å². The van der Waals surface area contributed by atoms with Crippen LogP contribution in [0.1, 0.15) is 22.5 Å². The Labute approximate surface area is 181 Å². The topological polar surface area (TPSA) is 126 Å². The molecule has 1 aromatic heterocycles. The summed E-state index contributed by atoms with van der Waals surface area (Å²) in [6.45, 7) is 0.809. The van der Waals surface area contributed by atoms with Gasteiger partial charge < -0.3 is 20.5 Å². The van der Waals surface area contributed by atoms with Crippen molar-refractivity contribution in [3.63, 3.8) is 0 Å². The summed E-state index contributed by atoms with van der Waals surface area (Å²) in [6.07, 6.45) is 0.748. The van der Waals surface area contributed by atoms with Crippen LogP contribution < -0.4 is 26.1 Å². The molecule has 0 radical (unpaired) electrons. The first-order valence-electron chi connectivity index (χ1n) is 9.58. The molecule has 1 aliphatic rings. The molecule has 3 aromatic rings. The van der Waals surface area contributed by atoms with Crippen LogP contribution in [0, 0.1) is 0 Å². The number of amides is 2. The van der Waals surface area contributed by atoms with Gasteiger partial charge in [-0.3, -0.25) is 14.4 Å². The van der Waals surface area contributed by atoms with Crippen LogP contribution in [-0.2, 0) is 17.9 Å². The van der Waals surface area contributed by atoms with Crippen molar-refractivity contribution >= 4 is 34.2 Å². The van der Waals surface area contributed by atoms with E-state index in [1.807, 2.05) is 0 Å². The molecular formula is C21H19ClN4O5. The van der Waals surface area contributed by atoms with E-state index in [-0.39, 0.29) is 24.2 Å². The minimum atomic E-state index is -0.785. The van der Waals surface area contributed by atoms with Crippen molar-refractivity contribution in [3.8, 4) is 11.5 Å². The average molecular weight is 443 g/mol. The van der Waals surface area contributed by atoms with Gasteiger partial charge in [0.05, 0.1) is 23.6 Å². The molecule has 2 amide bonds. The number of aromatic nitrogens is 2. The highest BCUT2D eigenvalue weighted by Gasteiger charge is 2.18. The molecule has 0 spiro atoms. The zero-order chi connectivity index (χ0) is 22.0. The number of nitrogens with two attached hydrogens (primary N) is 1. The van der Waals surface area contributed by atoms with Crippen molar-refractivity contribution in [1.29, 1.82) is 0 Å². The van der Waals surface area contributed by atoms with Gasteiger partial charge in [0.1, 0.15) is 6.54 Å². The predicted octanol–water partition coefficient (Wildman–Crippen LogP) is 1.63. The summed E-state index contributed by atoms with van der Waals surface area (Å²) in [7, 11) is 0. The SMILES string of the molecule is NC(=O)c1nn(CC(=O)NCc2cc(Cl)c3c(c2)OCCCO3)c(=O)c2ccccc12. The van der Waals surface area contributed by atoms with E-state index in [1.165, 1.54) is 0 Å². The van der Waals surface area contributed by atoms with Gasteiger partial charge in [-0.1, -0.05) is 29.8 Å². The molecule has 3 N–H and O–H groups in total. The van der Waals surface area contributed by atoms with E-state index in [9.17, 15) is 14.4 Å². The Bertz CT molecular complexity index is 1240. The second-order valence-electron chi connectivity index (χ2n) is 6.95. The van der Waals surface area contributed by atoms with Crippen molar-refractivity contribution in [3.05, 3.63) is 63.0 Å². The molecule has 9 nitrogen and oxygen atoms in total. The van der Waals surface area contributed by atoms with Gasteiger partial charge in [-0.25, -0.2) is 4.68 Å². The van der Waals surface area contributed by atoms with Crippen LogP contribution in [0.2, 0.25) is 5.02 Å². The summed E-state index contributed by atoms with van der Waals surface area (Å²) < 4.78 is 12.2. The normalized spacial score (nSPS) is 12.9. The Morgan fingerprint density at radius 2 is 1.90 bits per heavy atom. The third-order valence-corrected chi connectivity index (χ3v) is 5.03. The minimum absolute atomic E-state index is 0.0716. The van der Waals surface area contributed by atoms with Gasteiger partial charge >= 0.3 is 0 Å². The zero-order valence-corrected chi connectivity index (χ0v) is 17.1. The van der Waals surface area contributed by atoms with Gasteiger partial charge in [-0.2, -0.15) is 5.10 Å². The number of primary amides is 1. The fourth-order valence-electron chi connectivity index (χ4n) is 3.30. The number of carbonyl (C=O) groups is 2. The molecule has 0 aliphatic carbocycles. The lowest BCUT2D eigenvalue weighted by molar-refractivity contribution is -0.122. The first-order chi connectivity index (χ1) is 14.9. The van der Waals surface area contributed by atoms with Crippen LogP contribution in [0.5, 0.6) is 11.5 Å². The van der Waals surface area contributed by atoms with Gasteiger partial charge in [0, 0.05) is 18.4 Å². The standard InChI is InChI=1S/C21H19ClN4O5/c22-15-8-12(9-16-19(15)31-7-3-6-30-16)10-24-17(27)11-26-21(29)14-5-2-1-4-13(14)18(25-26)20(23)28/h1-2,4-5,8-9H,3,6-7,10-11H2,(H2,23,28)(H,24,27). The maximum absolute atomic E-state index is 12.7. The molecule has 160 valence electrons. The largest absolute Gasteiger partial charge is 0.489 e. The number of nitrogens with zero attached hydrogens (tertiary/aromatic N) is 2. The minimum Gasteiger partial charge on any atom is -0.489 e. The van der Waals surface area contributed by atoms with Crippen molar-refractivity contribution in [2.45, 2.75) is 19.5 Å². The molecule has 4 rings (SSSR count). The Kier molecular flexibility index (Phi) is 5.77. The quantitative estimate of drug-likeness (QED) is 0.618. The molecule has 10 heteroatoms. The van der Waals surface area contributed by atoms with Gasteiger partial charge in [0.15, 0.2) is 17.2 Å². The zero-order valence-electron chi connectivity index (χ0n) is 16.4. The molecule has 2 aromatic carbocycles. The summed E-state index contributed by atoms with van der Waals surface area (Å²) >= 11 is 6.27. The van der Waals surface area contributed by atoms with Crippen LogP contribution in [-0.4, -0.2) is 34.8 Å². The lowest BCUT2D eigenvalue weighted by atomic mass is 10.1. The van der Waals surface area contributed by atoms with Gasteiger partial charge in [0.25, 0.3) is 11.5 Å². The molecule has 0 bridgehead atoms. The average Bonchev–Trinajstić information content (AvgIpc) is 3.00. The van der Waals surface area contributed by atoms with Crippen molar-refractivity contribution in [2.24, 2.45) is 5.73 Å². The first-order valence-corrected chi connectivity index (χ1v) is 9.96. The van der Waals surface area contributed by atoms with E-state index < -0.39 is 17.4 Å². The molecule has 0 unspecified atom stereocenters. The highest BCUT2D eigenvalue weighted by Crippen LogP contribution is 2.37. The number of halogens is 1. The Hall–Kier alpha value is -3.59. The summed E-state index contributed by atoms with van der Waals surface area (Å²) in [6, 6.07) is 9.90. The number of ether oxygens (including phenoxy) is 2. The molecule has 2 heterocycles. The number of rotatable bonds is 5. The summed E-state index contributed by atoms with van der Waals surface area (Å²) in [5.74, 6) is -0.247. The summed E-state index contributed by atoms with van der Waals surface area (Å²) in [4.78, 5) is 36.9. The number of hydrogen-bond donors (Lipinski definition) is 2. The van der Waals surface area contributed by atoms with E-state index in [0.717, 1.165) is 11.1 Å². The number of fused-ring (bicyclic) bond motifs is 2. The van der Waals surface area contributed by atoms with Crippen LogP contribution in [0.4, 0.5) is 0 Å². The van der Waals surface area contributed by atoms with Gasteiger partial charge in [0.2, 0.25) is 5.91 Å². The lowest BCUT2D eigenvalue weighted by Crippen LogP contribution is -2.35. The number of nitrogens with one attached hydrogen (secondary N) is 1. The third-order valence-electron chi connectivity index (χ3n) is 4.75. The highest BCUT2D eigenvalue weighted by atomic mass is 35.5. The summed E-state index contributed by atoms with van der Waals surface area (Å²) in [5.41, 5.74) is 5.54. The molecule has 1 aliphatic heterocycles. The number of benzene rings is 2. The monoisotopic (exact) mass is 442 g/mol. The lowest BCUT2D eigenvalue weighted by Gasteiger charge is -2.13. The molecule has 0 fully saturated rings. The van der Waals surface area contributed by atoms with Crippen LogP contribution in [0.3, 0.4) is 0 Å². The van der Waals surface area contributed by atoms with Gasteiger partial charge in [-0.15, -0.1) is 0 Å². The molecule has 0 saturated heterocycles. The van der Waals surface area contributed by atoms with Crippen molar-refractivity contribution in [2.75, 3.05) is 13.2 Å². The molecule has 0 saturated carbocycles. The van der Waals surface area contributed by atoms with Crippen molar-refractivity contribution < 1.29 is 19.1 Å². The van der Waals surface area contributed by atoms with E-state index in [0.29, 0.717) is 40.7 Å². The Balaban J connectivity index is 1.52. The van der Waals surface area contributed by atoms with E-state index in [4.69, 9.17) is 26.8 Å². The van der Waals surface area contributed by atoms with Crippen LogP contribution >= 0.6 is 11.6 Å². The second kappa shape index (κ2) is 8.65. The highest BCUT2D eigenvalue weighted by molar-refractivity contribution is 6.32. The molecular weight excluding hydrogens is 424 g/mol.